The second-order valence-electron chi connectivity index (χ2n) is 5.26. The highest BCUT2D eigenvalue weighted by Crippen LogP contribution is 2.29. The highest BCUT2D eigenvalue weighted by Gasteiger charge is 2.22. The number of ketones is 1. The zero-order valence-electron chi connectivity index (χ0n) is 12.3. The van der Waals surface area contributed by atoms with Crippen LogP contribution in [0.1, 0.15) is 33.5 Å². The van der Waals surface area contributed by atoms with Crippen LogP contribution in [0.25, 0.3) is 6.08 Å². The third kappa shape index (κ3) is 2.64. The first-order valence-electron chi connectivity index (χ1n) is 7.13. The maximum absolute atomic E-state index is 12.6. The number of hydrogen-bond donors (Lipinski definition) is 0. The van der Waals surface area contributed by atoms with E-state index in [-0.39, 0.29) is 5.78 Å². The maximum atomic E-state index is 12.6. The third-order valence-electron chi connectivity index (χ3n) is 3.89. The number of nitriles is 1. The third-order valence-corrected chi connectivity index (χ3v) is 3.89. The normalized spacial score (nSPS) is 15.3. The first kappa shape index (κ1) is 14.1. The maximum Gasteiger partial charge on any atom is 0.189 e. The highest BCUT2D eigenvalue weighted by molar-refractivity contribution is 6.13. The summed E-state index contributed by atoms with van der Waals surface area (Å²) in [7, 11) is 1.63. The van der Waals surface area contributed by atoms with E-state index >= 15 is 0 Å². The first-order valence-corrected chi connectivity index (χ1v) is 7.13. The van der Waals surface area contributed by atoms with Crippen molar-refractivity contribution in [2.24, 2.45) is 0 Å². The van der Waals surface area contributed by atoms with Gasteiger partial charge in [-0.1, -0.05) is 12.1 Å². The summed E-state index contributed by atoms with van der Waals surface area (Å²) >= 11 is 0. The van der Waals surface area contributed by atoms with Crippen LogP contribution >= 0.6 is 0 Å². The van der Waals surface area contributed by atoms with E-state index in [0.29, 0.717) is 5.56 Å². The molecule has 0 amide bonds. The van der Waals surface area contributed by atoms with Crippen LogP contribution in [0.15, 0.2) is 48.0 Å². The lowest BCUT2D eigenvalue weighted by atomic mass is 9.86. The van der Waals surface area contributed by atoms with Crippen LogP contribution < -0.4 is 4.74 Å². The lowest BCUT2D eigenvalue weighted by molar-refractivity contribution is 0.102. The summed E-state index contributed by atoms with van der Waals surface area (Å²) in [6, 6.07) is 14.9. The Hall–Kier alpha value is -2.86. The second-order valence-corrected chi connectivity index (χ2v) is 5.26. The SMILES string of the molecule is COc1ccc2c(c1)CC/C(=C/c1ccc(C#N)cc1)C2=O. The molecular weight excluding hydrogens is 274 g/mol. The molecule has 0 aliphatic heterocycles. The molecule has 0 atom stereocenters. The standard InChI is InChI=1S/C19H15NO2/c1-22-17-8-9-18-15(11-17)6-7-16(19(18)21)10-13-2-4-14(12-20)5-3-13/h2-5,8-11H,6-7H2,1H3/b16-10-. The molecule has 0 N–H and O–H groups in total. The van der Waals surface area contributed by atoms with Gasteiger partial charge in [-0.15, -0.1) is 0 Å². The van der Waals surface area contributed by atoms with E-state index in [4.69, 9.17) is 10.00 Å². The minimum absolute atomic E-state index is 0.0771. The number of benzene rings is 2. The minimum Gasteiger partial charge on any atom is -0.497 e. The Bertz CT molecular complexity index is 795. The van der Waals surface area contributed by atoms with Gasteiger partial charge >= 0.3 is 0 Å². The van der Waals surface area contributed by atoms with Crippen molar-refractivity contribution in [1.82, 2.24) is 0 Å². The Morgan fingerprint density at radius 2 is 1.91 bits per heavy atom. The van der Waals surface area contributed by atoms with E-state index in [0.717, 1.165) is 40.9 Å². The molecule has 22 heavy (non-hydrogen) atoms. The van der Waals surface area contributed by atoms with Crippen molar-refractivity contribution in [3.63, 3.8) is 0 Å². The van der Waals surface area contributed by atoms with Gasteiger partial charge in [-0.05, 0) is 60.4 Å². The lowest BCUT2D eigenvalue weighted by Crippen LogP contribution is -2.14. The fraction of sp³-hybridized carbons (Fsp3) is 0.158. The highest BCUT2D eigenvalue weighted by atomic mass is 16.5. The van der Waals surface area contributed by atoms with Gasteiger partial charge in [0.1, 0.15) is 5.75 Å². The molecule has 0 spiro atoms. The largest absolute Gasteiger partial charge is 0.497 e. The van der Waals surface area contributed by atoms with E-state index in [1.54, 1.807) is 19.2 Å². The number of allylic oxidation sites excluding steroid dienone is 1. The van der Waals surface area contributed by atoms with Gasteiger partial charge in [-0.2, -0.15) is 5.26 Å². The number of rotatable bonds is 2. The van der Waals surface area contributed by atoms with Crippen LogP contribution in [-0.2, 0) is 6.42 Å². The summed E-state index contributed by atoms with van der Waals surface area (Å²) in [5.41, 5.74) is 4.17. The number of carbonyl (C=O) groups is 1. The Morgan fingerprint density at radius 3 is 2.59 bits per heavy atom. The van der Waals surface area contributed by atoms with E-state index in [9.17, 15) is 4.79 Å². The first-order chi connectivity index (χ1) is 10.7. The summed E-state index contributed by atoms with van der Waals surface area (Å²) in [5, 5.41) is 8.81. The summed E-state index contributed by atoms with van der Waals surface area (Å²) in [4.78, 5) is 12.6. The predicted molar refractivity (Wildman–Crippen MR) is 84.8 cm³/mol. The lowest BCUT2D eigenvalue weighted by Gasteiger charge is -2.18. The van der Waals surface area contributed by atoms with Gasteiger partial charge in [0.25, 0.3) is 0 Å². The molecule has 0 unspecified atom stereocenters. The summed E-state index contributed by atoms with van der Waals surface area (Å²) in [6.07, 6.45) is 3.47. The van der Waals surface area contributed by atoms with Gasteiger partial charge in [0.15, 0.2) is 5.78 Å². The van der Waals surface area contributed by atoms with Crippen LogP contribution in [0.5, 0.6) is 5.75 Å². The molecule has 3 heteroatoms. The van der Waals surface area contributed by atoms with Crippen LogP contribution in [0, 0.1) is 11.3 Å². The smallest absolute Gasteiger partial charge is 0.189 e. The molecule has 0 aromatic heterocycles. The molecule has 0 fully saturated rings. The van der Waals surface area contributed by atoms with Crippen molar-refractivity contribution in [3.8, 4) is 11.8 Å². The van der Waals surface area contributed by atoms with E-state index in [1.807, 2.05) is 36.4 Å². The van der Waals surface area contributed by atoms with Gasteiger partial charge < -0.3 is 4.74 Å². The van der Waals surface area contributed by atoms with Crippen molar-refractivity contribution in [2.45, 2.75) is 12.8 Å². The average molecular weight is 289 g/mol. The van der Waals surface area contributed by atoms with Gasteiger partial charge in [-0.25, -0.2) is 0 Å². The van der Waals surface area contributed by atoms with Crippen molar-refractivity contribution in [2.75, 3.05) is 7.11 Å². The molecule has 2 aromatic rings. The Labute approximate surface area is 129 Å². The molecule has 0 saturated carbocycles. The molecule has 0 bridgehead atoms. The van der Waals surface area contributed by atoms with Crippen LogP contribution in [0.4, 0.5) is 0 Å². The second kappa shape index (κ2) is 5.87. The van der Waals surface area contributed by atoms with Crippen molar-refractivity contribution < 1.29 is 9.53 Å². The molecule has 1 aliphatic carbocycles. The van der Waals surface area contributed by atoms with Gasteiger partial charge in [0.2, 0.25) is 0 Å². The van der Waals surface area contributed by atoms with Gasteiger partial charge in [-0.3, -0.25) is 4.79 Å². The number of aryl methyl sites for hydroxylation is 1. The van der Waals surface area contributed by atoms with E-state index in [1.165, 1.54) is 0 Å². The van der Waals surface area contributed by atoms with Gasteiger partial charge in [0, 0.05) is 11.1 Å². The van der Waals surface area contributed by atoms with Crippen molar-refractivity contribution in [1.29, 1.82) is 5.26 Å². The molecule has 2 aromatic carbocycles. The molecule has 1 aliphatic rings. The quantitative estimate of drug-likeness (QED) is 0.790. The molecule has 108 valence electrons. The fourth-order valence-corrected chi connectivity index (χ4v) is 2.67. The predicted octanol–water partition coefficient (Wildman–Crippen LogP) is 3.78. The summed E-state index contributed by atoms with van der Waals surface area (Å²) in [6.45, 7) is 0. The van der Waals surface area contributed by atoms with Gasteiger partial charge in [0.05, 0.1) is 18.7 Å². The zero-order valence-corrected chi connectivity index (χ0v) is 12.3. The molecule has 3 rings (SSSR count). The van der Waals surface area contributed by atoms with Crippen LogP contribution in [0.2, 0.25) is 0 Å². The fourth-order valence-electron chi connectivity index (χ4n) is 2.67. The zero-order chi connectivity index (χ0) is 15.5. The number of ether oxygens (including phenoxy) is 1. The number of carbonyl (C=O) groups excluding carboxylic acids is 1. The molecule has 0 saturated heterocycles. The van der Waals surface area contributed by atoms with E-state index < -0.39 is 0 Å². The van der Waals surface area contributed by atoms with Crippen molar-refractivity contribution >= 4 is 11.9 Å². The average Bonchev–Trinajstić information content (AvgIpc) is 2.57. The molecule has 0 radical (unpaired) electrons. The minimum atomic E-state index is 0.0771. The van der Waals surface area contributed by atoms with Crippen LogP contribution in [-0.4, -0.2) is 12.9 Å². The number of fused-ring (bicyclic) bond motifs is 1. The summed E-state index contributed by atoms with van der Waals surface area (Å²) in [5.74, 6) is 0.860. The number of hydrogen-bond acceptors (Lipinski definition) is 3. The van der Waals surface area contributed by atoms with Crippen molar-refractivity contribution in [3.05, 3.63) is 70.3 Å². The number of nitrogens with zero attached hydrogens (tertiary/aromatic N) is 1. The molecular formula is C19H15NO2. The Morgan fingerprint density at radius 1 is 1.14 bits per heavy atom. The number of Topliss-reactive ketones (excluding diaryl/α,β-unsaturated/α-hetero) is 1. The Kier molecular flexibility index (Phi) is 3.76. The van der Waals surface area contributed by atoms with Crippen LogP contribution in [0.3, 0.4) is 0 Å². The number of methoxy groups -OCH3 is 1. The molecule has 0 heterocycles. The van der Waals surface area contributed by atoms with E-state index in [2.05, 4.69) is 6.07 Å². The monoisotopic (exact) mass is 289 g/mol. The Balaban J connectivity index is 1.91. The topological polar surface area (TPSA) is 50.1 Å². The summed E-state index contributed by atoms with van der Waals surface area (Å²) < 4.78 is 5.21. The molecule has 3 nitrogen and oxygen atoms in total.